The number of methoxy groups -OCH3 is 2. The molecule has 1 amide bonds. The molecule has 0 radical (unpaired) electrons. The van der Waals surface area contributed by atoms with Crippen molar-refractivity contribution >= 4 is 29.3 Å². The van der Waals surface area contributed by atoms with E-state index in [4.69, 9.17) is 31.5 Å². The highest BCUT2D eigenvalue weighted by Crippen LogP contribution is 2.30. The van der Waals surface area contributed by atoms with Crippen LogP contribution in [-0.2, 0) is 14.3 Å². The van der Waals surface area contributed by atoms with E-state index in [0.717, 1.165) is 77.8 Å². The number of aromatic nitrogens is 1. The number of amides is 1. The molecule has 206 valence electrons. The summed E-state index contributed by atoms with van der Waals surface area (Å²) in [6.45, 7) is 5.71. The Bertz CT molecular complexity index is 942. The number of nitrogens with zero attached hydrogens (tertiary/aromatic N) is 3. The molecule has 1 aromatic heterocycles. The third-order valence-electron chi connectivity index (χ3n) is 7.90. The number of carbonyl (C=O) groups excluding carboxylic acids is 2. The van der Waals surface area contributed by atoms with Crippen LogP contribution in [0.25, 0.3) is 0 Å². The zero-order valence-corrected chi connectivity index (χ0v) is 22.7. The number of ether oxygens (including phenoxy) is 3. The second-order valence-corrected chi connectivity index (χ2v) is 10.7. The summed E-state index contributed by atoms with van der Waals surface area (Å²) in [6.07, 6.45) is 6.35. The van der Waals surface area contributed by atoms with Crippen molar-refractivity contribution in [3.63, 3.8) is 0 Å². The number of nitrogens with two attached hydrogens (primary N) is 1. The second-order valence-electron chi connectivity index (χ2n) is 10.3. The van der Waals surface area contributed by atoms with Crippen LogP contribution in [0, 0.1) is 5.92 Å². The zero-order valence-electron chi connectivity index (χ0n) is 21.9. The predicted molar refractivity (Wildman–Crippen MR) is 141 cm³/mol. The van der Waals surface area contributed by atoms with Crippen LogP contribution >= 0.6 is 11.6 Å². The molecule has 0 saturated carbocycles. The largest absolute Gasteiger partial charge is 0.480 e. The van der Waals surface area contributed by atoms with Crippen LogP contribution in [-0.4, -0.2) is 98.4 Å². The van der Waals surface area contributed by atoms with E-state index in [1.165, 1.54) is 13.2 Å². The summed E-state index contributed by atoms with van der Waals surface area (Å²) in [4.78, 5) is 34.0. The number of hydrogen-bond acceptors (Lipinski definition) is 9. The fraction of sp³-hybridized carbons (Fsp3) is 0.731. The van der Waals surface area contributed by atoms with Gasteiger partial charge in [0.2, 0.25) is 5.88 Å². The molecule has 0 spiro atoms. The highest BCUT2D eigenvalue weighted by atomic mass is 35.5. The molecule has 4 fully saturated rings. The Labute approximate surface area is 224 Å². The number of unbranched alkanes of at least 4 members (excludes halogenated alkanes) is 2. The minimum Gasteiger partial charge on any atom is -0.480 e. The molecule has 3 atom stereocenters. The first-order valence-corrected chi connectivity index (χ1v) is 13.7. The Morgan fingerprint density at radius 3 is 2.57 bits per heavy atom. The predicted octanol–water partition coefficient (Wildman–Crippen LogP) is 2.34. The Morgan fingerprint density at radius 1 is 1.11 bits per heavy atom. The maximum Gasteiger partial charge on any atom is 0.306 e. The van der Waals surface area contributed by atoms with Gasteiger partial charge < -0.3 is 30.2 Å². The lowest BCUT2D eigenvalue weighted by Crippen LogP contribution is -2.54. The summed E-state index contributed by atoms with van der Waals surface area (Å²) in [5.74, 6) is 0.432. The number of piperidine rings is 4. The van der Waals surface area contributed by atoms with E-state index in [0.29, 0.717) is 12.3 Å². The van der Waals surface area contributed by atoms with Crippen molar-refractivity contribution < 1.29 is 23.8 Å². The van der Waals surface area contributed by atoms with Crippen molar-refractivity contribution in [1.82, 2.24) is 20.1 Å². The summed E-state index contributed by atoms with van der Waals surface area (Å²) < 4.78 is 16.7. The highest BCUT2D eigenvalue weighted by Gasteiger charge is 2.36. The molecule has 37 heavy (non-hydrogen) atoms. The van der Waals surface area contributed by atoms with Crippen molar-refractivity contribution in [3.05, 3.63) is 16.7 Å². The first kappa shape index (κ1) is 27.9. The summed E-state index contributed by atoms with van der Waals surface area (Å²) >= 11 is 6.07. The number of rotatable bonds is 11. The van der Waals surface area contributed by atoms with Crippen LogP contribution in [0.1, 0.15) is 55.3 Å². The van der Waals surface area contributed by atoms with E-state index in [1.807, 2.05) is 0 Å². The molecule has 5 rings (SSSR count). The third kappa shape index (κ3) is 7.25. The van der Waals surface area contributed by atoms with Gasteiger partial charge in [-0.05, 0) is 63.7 Å². The van der Waals surface area contributed by atoms with Gasteiger partial charge in [0.05, 0.1) is 24.3 Å². The fourth-order valence-electron chi connectivity index (χ4n) is 5.69. The molecule has 11 heteroatoms. The maximum atomic E-state index is 12.9. The average molecular weight is 538 g/mol. The van der Waals surface area contributed by atoms with Gasteiger partial charge in [-0.15, -0.1) is 0 Å². The topological polar surface area (TPSA) is 119 Å². The van der Waals surface area contributed by atoms with Crippen molar-refractivity contribution in [2.24, 2.45) is 5.92 Å². The van der Waals surface area contributed by atoms with Gasteiger partial charge in [-0.3, -0.25) is 14.5 Å². The first-order chi connectivity index (χ1) is 17.9. The number of nitrogen functional groups attached to an aromatic ring is 1. The number of halogens is 1. The van der Waals surface area contributed by atoms with Gasteiger partial charge in [0.1, 0.15) is 17.5 Å². The number of nitrogens with one attached hydrogen (secondary N) is 1. The Hall–Kier alpha value is -2.14. The minimum atomic E-state index is -0.322. The third-order valence-corrected chi connectivity index (χ3v) is 8.21. The fourth-order valence-corrected chi connectivity index (χ4v) is 5.84. The molecule has 0 aromatic carbocycles. The van der Waals surface area contributed by atoms with Gasteiger partial charge in [0.25, 0.3) is 5.91 Å². The summed E-state index contributed by atoms with van der Waals surface area (Å²) in [6, 6.07) is 1.33. The molecule has 1 aromatic rings. The standard InChI is InChI=1S/C26H40ClN5O5/c1-35-22-16-31(10-5-3-4-6-23(33)37-21-15-32-11-7-17(21)8-12-32)13-9-20(22)29-25(34)18-14-19(27)24(28)30-26(18)36-2/h14,17,20-22H,3-13,15-16H2,1-2H3,(H2,28,30)(H,29,34)/t20-,21?,22+/m1/s1. The lowest BCUT2D eigenvalue weighted by atomic mass is 9.86. The van der Waals surface area contributed by atoms with Gasteiger partial charge >= 0.3 is 5.97 Å². The van der Waals surface area contributed by atoms with Gasteiger partial charge in [0.15, 0.2) is 0 Å². The lowest BCUT2D eigenvalue weighted by molar-refractivity contribution is -0.158. The molecule has 2 bridgehead atoms. The Balaban J connectivity index is 1.15. The summed E-state index contributed by atoms with van der Waals surface area (Å²) in [5.41, 5.74) is 5.97. The van der Waals surface area contributed by atoms with E-state index < -0.39 is 0 Å². The van der Waals surface area contributed by atoms with Crippen molar-refractivity contribution in [2.75, 3.05) is 59.2 Å². The smallest absolute Gasteiger partial charge is 0.306 e. The monoisotopic (exact) mass is 537 g/mol. The van der Waals surface area contributed by atoms with Gasteiger partial charge in [0, 0.05) is 33.2 Å². The van der Waals surface area contributed by atoms with Gasteiger partial charge in [-0.25, -0.2) is 0 Å². The van der Waals surface area contributed by atoms with Crippen LogP contribution in [0.3, 0.4) is 0 Å². The van der Waals surface area contributed by atoms with Crippen molar-refractivity contribution in [2.45, 2.75) is 63.2 Å². The van der Waals surface area contributed by atoms with Crippen LogP contribution in [0.4, 0.5) is 5.82 Å². The maximum absolute atomic E-state index is 12.9. The van der Waals surface area contributed by atoms with Gasteiger partial charge in [-0.1, -0.05) is 18.0 Å². The number of esters is 1. The molecule has 4 saturated heterocycles. The Morgan fingerprint density at radius 2 is 1.89 bits per heavy atom. The van der Waals surface area contributed by atoms with E-state index in [2.05, 4.69) is 20.1 Å². The number of fused-ring (bicyclic) bond motifs is 3. The van der Waals surface area contributed by atoms with E-state index in [1.54, 1.807) is 7.11 Å². The second kappa shape index (κ2) is 13.1. The summed E-state index contributed by atoms with van der Waals surface area (Å²) in [7, 11) is 3.10. The molecule has 4 aliphatic heterocycles. The van der Waals surface area contributed by atoms with E-state index in [9.17, 15) is 9.59 Å². The van der Waals surface area contributed by atoms with Crippen LogP contribution in [0.5, 0.6) is 5.88 Å². The highest BCUT2D eigenvalue weighted by molar-refractivity contribution is 6.33. The quantitative estimate of drug-likeness (QED) is 0.324. The number of hydrogen-bond donors (Lipinski definition) is 2. The number of pyridine rings is 1. The number of anilines is 1. The molecular formula is C26H40ClN5O5. The van der Waals surface area contributed by atoms with Crippen LogP contribution < -0.4 is 15.8 Å². The minimum absolute atomic E-state index is 0.0519. The molecule has 0 aliphatic carbocycles. The van der Waals surface area contributed by atoms with E-state index in [-0.39, 0.29) is 52.4 Å². The normalized spacial score (nSPS) is 27.6. The average Bonchev–Trinajstić information content (AvgIpc) is 2.91. The SMILES string of the molecule is COc1nc(N)c(Cl)cc1C(=O)N[C@@H]1CCN(CCCCCC(=O)OC2CN3CCC2CC3)C[C@@H]1OC. The van der Waals surface area contributed by atoms with Crippen LogP contribution in [0.15, 0.2) is 6.07 Å². The number of carbonyl (C=O) groups is 2. The van der Waals surface area contributed by atoms with Crippen molar-refractivity contribution in [3.8, 4) is 5.88 Å². The summed E-state index contributed by atoms with van der Waals surface area (Å²) in [5, 5.41) is 3.25. The molecule has 3 N–H and O–H groups in total. The molecule has 1 unspecified atom stereocenters. The molecule has 10 nitrogen and oxygen atoms in total. The molecule has 5 heterocycles. The first-order valence-electron chi connectivity index (χ1n) is 13.4. The van der Waals surface area contributed by atoms with Gasteiger partial charge in [-0.2, -0.15) is 4.98 Å². The van der Waals surface area contributed by atoms with E-state index >= 15 is 0 Å². The zero-order chi connectivity index (χ0) is 26.4. The number of likely N-dealkylation sites (tertiary alicyclic amines) is 1. The Kier molecular flexibility index (Phi) is 9.86. The molecular weight excluding hydrogens is 498 g/mol. The molecule has 4 aliphatic rings. The van der Waals surface area contributed by atoms with Crippen LogP contribution in [0.2, 0.25) is 5.02 Å². The van der Waals surface area contributed by atoms with Crippen molar-refractivity contribution in [1.29, 1.82) is 0 Å². The lowest BCUT2D eigenvalue weighted by Gasteiger charge is -2.43.